The van der Waals surface area contributed by atoms with Crippen LogP contribution in [0.4, 0.5) is 29.1 Å². The number of nitrogens with one attached hydrogen (secondary N) is 2. The van der Waals surface area contributed by atoms with E-state index in [9.17, 15) is 27.2 Å². The molecule has 0 atom stereocenters. The van der Waals surface area contributed by atoms with Crippen molar-refractivity contribution in [3.63, 3.8) is 0 Å². The monoisotopic (exact) mass is 502 g/mol. The standard InChI is InChI=1S/C25H22F4N4O3/c1-14-8-15(2-7-22(34)32-17-5-6-20(26)19(11-17)25(27,28)29)10-18(9-14)36-23-12-21(30-13-31-23)33-24(35)16-3-4-16/h5-6,8-13,16H,2-4,7H2,1H3,(H,32,34)(H,30,31,33,35). The fourth-order valence-corrected chi connectivity index (χ4v) is 3.49. The maximum atomic E-state index is 13.4. The van der Waals surface area contributed by atoms with Gasteiger partial charge in [-0.3, -0.25) is 9.59 Å². The summed E-state index contributed by atoms with van der Waals surface area (Å²) in [7, 11) is 0. The lowest BCUT2D eigenvalue weighted by atomic mass is 10.1. The molecule has 2 amide bonds. The van der Waals surface area contributed by atoms with E-state index in [1.54, 1.807) is 12.1 Å². The number of alkyl halides is 3. The number of halogens is 4. The highest BCUT2D eigenvalue weighted by molar-refractivity contribution is 5.93. The van der Waals surface area contributed by atoms with Gasteiger partial charge >= 0.3 is 6.18 Å². The lowest BCUT2D eigenvalue weighted by molar-refractivity contribution is -0.140. The van der Waals surface area contributed by atoms with Gasteiger partial charge in [-0.15, -0.1) is 0 Å². The minimum absolute atomic E-state index is 0.0214. The molecule has 4 rings (SSSR count). The number of aromatic nitrogens is 2. The van der Waals surface area contributed by atoms with Gasteiger partial charge in [0.15, 0.2) is 0 Å². The number of carbonyl (C=O) groups is 2. The van der Waals surface area contributed by atoms with Gasteiger partial charge in [0.05, 0.1) is 5.56 Å². The Morgan fingerprint density at radius 1 is 1.06 bits per heavy atom. The molecule has 7 nitrogen and oxygen atoms in total. The van der Waals surface area contributed by atoms with Crippen molar-refractivity contribution in [2.24, 2.45) is 5.92 Å². The number of aryl methyl sites for hydroxylation is 2. The molecule has 1 aliphatic rings. The van der Waals surface area contributed by atoms with Crippen LogP contribution in [0.25, 0.3) is 0 Å². The minimum atomic E-state index is -4.87. The van der Waals surface area contributed by atoms with Crippen molar-refractivity contribution >= 4 is 23.3 Å². The Hall–Kier alpha value is -4.02. The van der Waals surface area contributed by atoms with E-state index in [1.165, 1.54) is 12.4 Å². The summed E-state index contributed by atoms with van der Waals surface area (Å²) in [5.41, 5.74) is 0.0234. The highest BCUT2D eigenvalue weighted by Gasteiger charge is 2.34. The van der Waals surface area contributed by atoms with E-state index < -0.39 is 23.5 Å². The maximum absolute atomic E-state index is 13.4. The second-order valence-corrected chi connectivity index (χ2v) is 8.50. The van der Waals surface area contributed by atoms with Crippen LogP contribution in [-0.4, -0.2) is 21.8 Å². The first-order chi connectivity index (χ1) is 17.1. The Morgan fingerprint density at radius 3 is 2.56 bits per heavy atom. The predicted molar refractivity (Wildman–Crippen MR) is 123 cm³/mol. The van der Waals surface area contributed by atoms with Crippen LogP contribution in [0.15, 0.2) is 48.8 Å². The fourth-order valence-electron chi connectivity index (χ4n) is 3.49. The van der Waals surface area contributed by atoms with Crippen molar-refractivity contribution in [3.05, 3.63) is 71.3 Å². The van der Waals surface area contributed by atoms with Crippen LogP contribution in [-0.2, 0) is 22.2 Å². The lowest BCUT2D eigenvalue weighted by Gasteiger charge is -2.12. The van der Waals surface area contributed by atoms with Gasteiger partial charge in [0, 0.05) is 24.1 Å². The molecular formula is C25H22F4N4O3. The minimum Gasteiger partial charge on any atom is -0.439 e. The van der Waals surface area contributed by atoms with Crippen molar-refractivity contribution in [1.82, 2.24) is 9.97 Å². The van der Waals surface area contributed by atoms with Crippen molar-refractivity contribution < 1.29 is 31.9 Å². The average Bonchev–Trinajstić information content (AvgIpc) is 3.64. The molecule has 0 aliphatic heterocycles. The molecular weight excluding hydrogens is 480 g/mol. The van der Waals surface area contributed by atoms with Gasteiger partial charge in [0.2, 0.25) is 17.7 Å². The highest BCUT2D eigenvalue weighted by Crippen LogP contribution is 2.33. The number of hydrogen-bond acceptors (Lipinski definition) is 5. The van der Waals surface area contributed by atoms with E-state index in [0.29, 0.717) is 23.7 Å². The zero-order chi connectivity index (χ0) is 25.9. The molecule has 0 spiro atoms. The Balaban J connectivity index is 1.37. The maximum Gasteiger partial charge on any atom is 0.419 e. The first-order valence-electron chi connectivity index (χ1n) is 11.1. The number of anilines is 2. The molecule has 36 heavy (non-hydrogen) atoms. The second-order valence-electron chi connectivity index (χ2n) is 8.50. The van der Waals surface area contributed by atoms with Crippen LogP contribution in [0.3, 0.4) is 0 Å². The average molecular weight is 502 g/mol. The smallest absolute Gasteiger partial charge is 0.419 e. The molecule has 2 aromatic carbocycles. The van der Waals surface area contributed by atoms with Gasteiger partial charge in [-0.05, 0) is 67.6 Å². The third-order valence-corrected chi connectivity index (χ3v) is 5.37. The van der Waals surface area contributed by atoms with Gasteiger partial charge in [0.25, 0.3) is 0 Å². The molecule has 11 heteroatoms. The summed E-state index contributed by atoms with van der Waals surface area (Å²) in [6, 6.07) is 9.14. The normalized spacial score (nSPS) is 13.2. The van der Waals surface area contributed by atoms with E-state index in [1.807, 2.05) is 13.0 Å². The molecule has 3 aromatic rings. The van der Waals surface area contributed by atoms with Crippen molar-refractivity contribution in [1.29, 1.82) is 0 Å². The number of nitrogens with zero attached hydrogens (tertiary/aromatic N) is 2. The largest absolute Gasteiger partial charge is 0.439 e. The van der Waals surface area contributed by atoms with E-state index in [2.05, 4.69) is 20.6 Å². The first-order valence-corrected chi connectivity index (χ1v) is 11.1. The van der Waals surface area contributed by atoms with Gasteiger partial charge in [-0.25, -0.2) is 14.4 Å². The fraction of sp³-hybridized carbons (Fsp3) is 0.280. The van der Waals surface area contributed by atoms with Crippen molar-refractivity contribution in [2.45, 2.75) is 38.8 Å². The molecule has 2 N–H and O–H groups in total. The molecule has 0 radical (unpaired) electrons. The van der Waals surface area contributed by atoms with Gasteiger partial charge < -0.3 is 15.4 Å². The van der Waals surface area contributed by atoms with Crippen LogP contribution in [0.1, 0.15) is 36.0 Å². The van der Waals surface area contributed by atoms with Crippen LogP contribution in [0.2, 0.25) is 0 Å². The first kappa shape index (κ1) is 25.1. The van der Waals surface area contributed by atoms with Gasteiger partial charge in [-0.2, -0.15) is 13.2 Å². The summed E-state index contributed by atoms with van der Waals surface area (Å²) in [6.07, 6.45) is -1.60. The molecule has 1 fully saturated rings. The van der Waals surface area contributed by atoms with Crippen LogP contribution in [0, 0.1) is 18.7 Å². The highest BCUT2D eigenvalue weighted by atomic mass is 19.4. The summed E-state index contributed by atoms with van der Waals surface area (Å²) in [4.78, 5) is 32.3. The zero-order valence-corrected chi connectivity index (χ0v) is 19.2. The third kappa shape index (κ3) is 6.77. The Labute approximate surface area is 203 Å². The number of benzene rings is 2. The van der Waals surface area contributed by atoms with E-state index in [-0.39, 0.29) is 36.2 Å². The SMILES string of the molecule is Cc1cc(CCC(=O)Nc2ccc(F)c(C(F)(F)F)c2)cc(Oc2cc(NC(=O)C3CC3)ncn2)c1. The quantitative estimate of drug-likeness (QED) is 0.388. The van der Waals surface area contributed by atoms with Gasteiger partial charge in [0.1, 0.15) is 23.7 Å². The molecule has 0 saturated heterocycles. The van der Waals surface area contributed by atoms with E-state index in [4.69, 9.17) is 4.74 Å². The van der Waals surface area contributed by atoms with Crippen LogP contribution < -0.4 is 15.4 Å². The van der Waals surface area contributed by atoms with E-state index >= 15 is 0 Å². The molecule has 1 saturated carbocycles. The summed E-state index contributed by atoms with van der Waals surface area (Å²) in [5, 5.41) is 5.09. The van der Waals surface area contributed by atoms with Crippen LogP contribution >= 0.6 is 0 Å². The molecule has 1 aromatic heterocycles. The van der Waals surface area contributed by atoms with E-state index in [0.717, 1.165) is 30.0 Å². The number of carbonyl (C=O) groups excluding carboxylic acids is 2. The molecule has 188 valence electrons. The summed E-state index contributed by atoms with van der Waals surface area (Å²) >= 11 is 0. The predicted octanol–water partition coefficient (Wildman–Crippen LogP) is 5.66. The molecule has 0 bridgehead atoms. The number of rotatable bonds is 8. The number of hydrogen-bond donors (Lipinski definition) is 2. The summed E-state index contributed by atoms with van der Waals surface area (Å²) in [6.45, 7) is 1.84. The number of amides is 2. The molecule has 0 unspecified atom stereocenters. The van der Waals surface area contributed by atoms with Crippen LogP contribution in [0.5, 0.6) is 11.6 Å². The molecule has 1 aliphatic carbocycles. The topological polar surface area (TPSA) is 93.2 Å². The lowest BCUT2D eigenvalue weighted by Crippen LogP contribution is -2.14. The Morgan fingerprint density at radius 2 is 1.83 bits per heavy atom. The van der Waals surface area contributed by atoms with Crippen molar-refractivity contribution in [3.8, 4) is 11.6 Å². The number of ether oxygens (including phenoxy) is 1. The molecule has 1 heterocycles. The third-order valence-electron chi connectivity index (χ3n) is 5.37. The zero-order valence-electron chi connectivity index (χ0n) is 19.2. The second kappa shape index (κ2) is 10.3. The summed E-state index contributed by atoms with van der Waals surface area (Å²) < 4.78 is 57.9. The van der Waals surface area contributed by atoms with Crippen molar-refractivity contribution in [2.75, 3.05) is 10.6 Å². The Bertz CT molecular complexity index is 1290. The Kier molecular flexibility index (Phi) is 7.18. The van der Waals surface area contributed by atoms with Gasteiger partial charge in [-0.1, -0.05) is 6.07 Å². The summed E-state index contributed by atoms with van der Waals surface area (Å²) in [5.74, 6) is -0.990.